The Balaban J connectivity index is 2.12. The zero-order valence-corrected chi connectivity index (χ0v) is 14.2. The zero-order valence-electron chi connectivity index (χ0n) is 14.2. The number of benzene rings is 2. The number of nitrogen functional groups attached to an aromatic ring is 1. The molecule has 0 bridgehead atoms. The molecule has 3 N–H and O–H groups in total. The molecule has 3 aromatic rings. The van der Waals surface area contributed by atoms with Crippen LogP contribution in [0.25, 0.3) is 10.8 Å². The topological polar surface area (TPSA) is 70.3 Å². The molecule has 3 rings (SSSR count). The van der Waals surface area contributed by atoms with Gasteiger partial charge in [-0.05, 0) is 18.4 Å². The van der Waals surface area contributed by atoms with E-state index in [9.17, 15) is 0 Å². The van der Waals surface area contributed by atoms with Gasteiger partial charge in [-0.25, -0.2) is 15.0 Å². The highest BCUT2D eigenvalue weighted by molar-refractivity contribution is 5.97. The van der Waals surface area contributed by atoms with Crippen molar-refractivity contribution < 1.29 is 0 Å². The molecular weight excluding hydrogens is 300 g/mol. The van der Waals surface area contributed by atoms with E-state index in [1.165, 1.54) is 17.1 Å². The van der Waals surface area contributed by atoms with Gasteiger partial charge >= 0.3 is 0 Å². The molecule has 0 aliphatic rings. The Morgan fingerprint density at radius 2 is 1.79 bits per heavy atom. The molecule has 0 radical (unpaired) electrons. The van der Waals surface area contributed by atoms with Crippen LogP contribution in [0.15, 0.2) is 48.8 Å². The summed E-state index contributed by atoms with van der Waals surface area (Å²) in [7, 11) is 3.78. The van der Waals surface area contributed by atoms with Crippen molar-refractivity contribution in [3.05, 3.63) is 48.8 Å². The first-order valence-corrected chi connectivity index (χ1v) is 7.91. The molecule has 0 fully saturated rings. The molecule has 0 aliphatic heterocycles. The fourth-order valence-corrected chi connectivity index (χ4v) is 2.78. The van der Waals surface area contributed by atoms with Gasteiger partial charge in [0.2, 0.25) is 0 Å². The zero-order chi connectivity index (χ0) is 17.1. The molecule has 124 valence electrons. The first-order chi connectivity index (χ1) is 11.6. The van der Waals surface area contributed by atoms with Gasteiger partial charge in [0.05, 0.1) is 5.69 Å². The molecule has 6 heteroatoms. The third-order valence-electron chi connectivity index (χ3n) is 3.82. The van der Waals surface area contributed by atoms with E-state index in [1.54, 1.807) is 5.01 Å². The highest BCUT2D eigenvalue weighted by Crippen LogP contribution is 2.35. The lowest BCUT2D eigenvalue weighted by Crippen LogP contribution is -2.24. The van der Waals surface area contributed by atoms with Crippen molar-refractivity contribution in [2.45, 2.75) is 6.92 Å². The van der Waals surface area contributed by atoms with E-state index in [-0.39, 0.29) is 0 Å². The number of hydrogen-bond donors (Lipinski definition) is 2. The monoisotopic (exact) mass is 322 g/mol. The van der Waals surface area contributed by atoms with E-state index in [0.717, 1.165) is 12.2 Å². The second-order valence-corrected chi connectivity index (χ2v) is 5.71. The summed E-state index contributed by atoms with van der Waals surface area (Å²) in [5.41, 5.74) is 11.1. The summed E-state index contributed by atoms with van der Waals surface area (Å²) in [5, 5.41) is 4.16. The van der Waals surface area contributed by atoms with Crippen LogP contribution in [0.2, 0.25) is 0 Å². The molecule has 2 aromatic carbocycles. The fourth-order valence-electron chi connectivity index (χ4n) is 2.78. The van der Waals surface area contributed by atoms with Crippen LogP contribution in [0, 0.1) is 0 Å². The quantitative estimate of drug-likeness (QED) is 0.703. The van der Waals surface area contributed by atoms with Gasteiger partial charge in [0, 0.05) is 26.0 Å². The van der Waals surface area contributed by atoms with Crippen LogP contribution in [-0.2, 0) is 0 Å². The summed E-state index contributed by atoms with van der Waals surface area (Å²) in [6.45, 7) is 2.83. The first-order valence-electron chi connectivity index (χ1n) is 7.91. The fraction of sp³-hybridized carbons (Fsp3) is 0.222. The lowest BCUT2D eigenvalue weighted by atomic mass is 10.1. The highest BCUT2D eigenvalue weighted by Gasteiger charge is 2.17. The van der Waals surface area contributed by atoms with Crippen LogP contribution < -0.4 is 16.1 Å². The van der Waals surface area contributed by atoms with Crippen LogP contribution in [-0.4, -0.2) is 35.6 Å². The Morgan fingerprint density at radius 1 is 1.04 bits per heavy atom. The van der Waals surface area contributed by atoms with Crippen LogP contribution in [0.1, 0.15) is 6.92 Å². The summed E-state index contributed by atoms with van der Waals surface area (Å²) in [6, 6.07) is 14.6. The lowest BCUT2D eigenvalue weighted by molar-refractivity contribution is 0.492. The van der Waals surface area contributed by atoms with Crippen molar-refractivity contribution in [3.8, 4) is 0 Å². The van der Waals surface area contributed by atoms with E-state index in [4.69, 9.17) is 5.73 Å². The van der Waals surface area contributed by atoms with Gasteiger partial charge in [-0.1, -0.05) is 36.4 Å². The molecule has 0 amide bonds. The predicted octanol–water partition coefficient (Wildman–Crippen LogP) is 3.26. The van der Waals surface area contributed by atoms with Gasteiger partial charge in [-0.2, -0.15) is 0 Å². The second kappa shape index (κ2) is 6.72. The number of nitrogens with two attached hydrogens (primary N) is 1. The molecular formula is C18H22N6. The van der Waals surface area contributed by atoms with E-state index in [2.05, 4.69) is 57.5 Å². The molecule has 0 spiro atoms. The molecule has 1 heterocycles. The van der Waals surface area contributed by atoms with E-state index in [0.29, 0.717) is 17.3 Å². The van der Waals surface area contributed by atoms with Gasteiger partial charge in [-0.15, -0.1) is 0 Å². The third-order valence-corrected chi connectivity index (χ3v) is 3.82. The molecule has 0 saturated carbocycles. The number of hydrogen-bond acceptors (Lipinski definition) is 6. The molecule has 6 nitrogen and oxygen atoms in total. The van der Waals surface area contributed by atoms with Crippen molar-refractivity contribution >= 4 is 33.8 Å². The van der Waals surface area contributed by atoms with E-state index >= 15 is 0 Å². The number of fused-ring (bicyclic) bond motifs is 1. The SMILES string of the molecule is CCN(c1ncnc(NN(C)C)c1N)c1cccc2ccccc12. The number of nitrogens with one attached hydrogen (secondary N) is 1. The average molecular weight is 322 g/mol. The molecule has 0 saturated heterocycles. The minimum atomic E-state index is 0.529. The van der Waals surface area contributed by atoms with Crippen LogP contribution in [0.4, 0.5) is 23.0 Å². The molecule has 0 unspecified atom stereocenters. The number of aromatic nitrogens is 2. The maximum Gasteiger partial charge on any atom is 0.169 e. The normalized spacial score (nSPS) is 11.0. The maximum atomic E-state index is 6.33. The minimum absolute atomic E-state index is 0.529. The van der Waals surface area contributed by atoms with Crippen LogP contribution in [0.5, 0.6) is 0 Å². The second-order valence-electron chi connectivity index (χ2n) is 5.71. The standard InChI is InChI=1S/C18H22N6/c1-4-24(15-11-7-9-13-8-5-6-10-14(13)15)18-16(19)17(20-12-21-18)22-23(2)3/h5-12H,4,19H2,1-3H3,(H,20,21,22). The Hall–Kier alpha value is -2.86. The Morgan fingerprint density at radius 3 is 2.54 bits per heavy atom. The summed E-state index contributed by atoms with van der Waals surface area (Å²) >= 11 is 0. The number of anilines is 4. The van der Waals surface area contributed by atoms with Crippen molar-refractivity contribution in [2.75, 3.05) is 36.7 Å². The molecule has 0 atom stereocenters. The molecule has 0 aliphatic carbocycles. The van der Waals surface area contributed by atoms with Gasteiger partial charge in [0.15, 0.2) is 11.6 Å². The highest BCUT2D eigenvalue weighted by atomic mass is 15.5. The number of rotatable bonds is 5. The summed E-state index contributed by atoms with van der Waals surface area (Å²) in [6.07, 6.45) is 1.53. The largest absolute Gasteiger partial charge is 0.393 e. The Bertz CT molecular complexity index is 841. The van der Waals surface area contributed by atoms with Crippen molar-refractivity contribution in [1.82, 2.24) is 15.0 Å². The smallest absolute Gasteiger partial charge is 0.169 e. The van der Waals surface area contributed by atoms with Crippen molar-refractivity contribution in [2.24, 2.45) is 0 Å². The first kappa shape index (κ1) is 16.0. The number of nitrogens with zero attached hydrogens (tertiary/aromatic N) is 4. The Labute approximate surface area is 141 Å². The van der Waals surface area contributed by atoms with Crippen molar-refractivity contribution in [1.29, 1.82) is 0 Å². The minimum Gasteiger partial charge on any atom is -0.393 e. The maximum absolute atomic E-state index is 6.33. The van der Waals surface area contributed by atoms with Gasteiger partial charge in [-0.3, -0.25) is 0 Å². The Kier molecular flexibility index (Phi) is 4.48. The predicted molar refractivity (Wildman–Crippen MR) is 100 cm³/mol. The third kappa shape index (κ3) is 2.96. The van der Waals surface area contributed by atoms with Gasteiger partial charge < -0.3 is 16.1 Å². The van der Waals surface area contributed by atoms with Gasteiger partial charge in [0.1, 0.15) is 12.0 Å². The van der Waals surface area contributed by atoms with E-state index in [1.807, 2.05) is 26.2 Å². The van der Waals surface area contributed by atoms with Crippen LogP contribution >= 0.6 is 0 Å². The lowest BCUT2D eigenvalue weighted by Gasteiger charge is -2.26. The molecule has 24 heavy (non-hydrogen) atoms. The summed E-state index contributed by atoms with van der Waals surface area (Å²) in [4.78, 5) is 10.8. The van der Waals surface area contributed by atoms with Crippen LogP contribution in [0.3, 0.4) is 0 Å². The van der Waals surface area contributed by atoms with E-state index < -0.39 is 0 Å². The van der Waals surface area contributed by atoms with Gasteiger partial charge in [0.25, 0.3) is 0 Å². The summed E-state index contributed by atoms with van der Waals surface area (Å²) in [5.74, 6) is 1.30. The molecule has 1 aromatic heterocycles. The van der Waals surface area contributed by atoms with Crippen molar-refractivity contribution in [3.63, 3.8) is 0 Å². The number of hydrazine groups is 1. The average Bonchev–Trinajstić information content (AvgIpc) is 2.58. The summed E-state index contributed by atoms with van der Waals surface area (Å²) < 4.78 is 0.